The van der Waals surface area contributed by atoms with Crippen LogP contribution in [0.4, 0.5) is 4.79 Å². The molecule has 3 rings (SSSR count). The molecule has 2 fully saturated rings. The van der Waals surface area contributed by atoms with E-state index in [1.165, 1.54) is 6.42 Å². The summed E-state index contributed by atoms with van der Waals surface area (Å²) in [4.78, 5) is 33.1. The van der Waals surface area contributed by atoms with Crippen LogP contribution in [-0.2, 0) is 11.3 Å². The van der Waals surface area contributed by atoms with Gasteiger partial charge >= 0.3 is 6.03 Å². The minimum Gasteiger partial charge on any atom is -0.368 e. The van der Waals surface area contributed by atoms with E-state index < -0.39 is 5.54 Å². The first-order valence-electron chi connectivity index (χ1n) is 10.4. The zero-order valence-corrected chi connectivity index (χ0v) is 17.1. The average Bonchev–Trinajstić information content (AvgIpc) is 3.02. The maximum Gasteiger partial charge on any atom is 0.317 e. The standard InChI is InChI=1S/C19H33N7O2/c1-15-22-16(2)26(23-15)12-6-9-21-18(28)24-13-7-19(8-14-24,17(20)27)25-10-4-3-5-11-25/h3-14H2,1-2H3,(H2,20,27)(H,21,28). The quantitative estimate of drug-likeness (QED) is 0.697. The molecule has 0 bridgehead atoms. The number of carbonyl (C=O) groups excluding carboxylic acids is 2. The Morgan fingerprint density at radius 1 is 1.11 bits per heavy atom. The van der Waals surface area contributed by atoms with Gasteiger partial charge in [0.2, 0.25) is 5.91 Å². The van der Waals surface area contributed by atoms with Gasteiger partial charge in [-0.1, -0.05) is 6.42 Å². The van der Waals surface area contributed by atoms with E-state index in [4.69, 9.17) is 5.73 Å². The van der Waals surface area contributed by atoms with Crippen molar-refractivity contribution in [2.75, 3.05) is 32.7 Å². The molecule has 3 N–H and O–H groups in total. The fraction of sp³-hybridized carbons (Fsp3) is 0.789. The molecule has 0 atom stereocenters. The molecule has 2 saturated heterocycles. The van der Waals surface area contributed by atoms with Crippen molar-refractivity contribution in [2.24, 2.45) is 5.73 Å². The monoisotopic (exact) mass is 391 g/mol. The molecule has 0 saturated carbocycles. The van der Waals surface area contributed by atoms with Gasteiger partial charge in [0, 0.05) is 26.2 Å². The van der Waals surface area contributed by atoms with E-state index in [1.807, 2.05) is 18.5 Å². The minimum atomic E-state index is -0.584. The van der Waals surface area contributed by atoms with Gasteiger partial charge in [0.05, 0.1) is 0 Å². The largest absolute Gasteiger partial charge is 0.368 e. The van der Waals surface area contributed by atoms with Gasteiger partial charge in [-0.2, -0.15) is 5.10 Å². The Morgan fingerprint density at radius 3 is 2.36 bits per heavy atom. The van der Waals surface area contributed by atoms with Crippen molar-refractivity contribution < 1.29 is 9.59 Å². The van der Waals surface area contributed by atoms with Gasteiger partial charge in [-0.15, -0.1) is 0 Å². The molecule has 0 radical (unpaired) electrons. The second-order valence-corrected chi connectivity index (χ2v) is 7.95. The molecule has 28 heavy (non-hydrogen) atoms. The third kappa shape index (κ3) is 4.45. The Morgan fingerprint density at radius 2 is 1.79 bits per heavy atom. The summed E-state index contributed by atoms with van der Waals surface area (Å²) in [6.45, 7) is 8.09. The van der Waals surface area contributed by atoms with Crippen molar-refractivity contribution in [1.82, 2.24) is 29.9 Å². The van der Waals surface area contributed by atoms with E-state index in [0.717, 1.165) is 50.5 Å². The highest BCUT2D eigenvalue weighted by Crippen LogP contribution is 2.31. The molecule has 0 unspecified atom stereocenters. The first kappa shape index (κ1) is 20.6. The lowest BCUT2D eigenvalue weighted by Gasteiger charge is -2.48. The highest BCUT2D eigenvalue weighted by molar-refractivity contribution is 5.85. The van der Waals surface area contributed by atoms with E-state index in [-0.39, 0.29) is 11.9 Å². The third-order valence-electron chi connectivity index (χ3n) is 6.08. The van der Waals surface area contributed by atoms with E-state index in [2.05, 4.69) is 20.3 Å². The summed E-state index contributed by atoms with van der Waals surface area (Å²) < 4.78 is 1.86. The Labute approximate surface area is 166 Å². The van der Waals surface area contributed by atoms with Crippen molar-refractivity contribution in [3.05, 3.63) is 11.6 Å². The normalized spacial score (nSPS) is 20.1. The lowest BCUT2D eigenvalue weighted by molar-refractivity contribution is -0.134. The summed E-state index contributed by atoms with van der Waals surface area (Å²) in [6.07, 6.45) is 5.48. The van der Waals surface area contributed by atoms with Crippen molar-refractivity contribution in [3.63, 3.8) is 0 Å². The molecule has 156 valence electrons. The summed E-state index contributed by atoms with van der Waals surface area (Å²) in [5.41, 5.74) is 5.23. The zero-order chi connectivity index (χ0) is 20.1. The smallest absolute Gasteiger partial charge is 0.317 e. The van der Waals surface area contributed by atoms with Gasteiger partial charge in [-0.25, -0.2) is 9.78 Å². The summed E-state index contributed by atoms with van der Waals surface area (Å²) in [6, 6.07) is -0.0665. The number of hydrogen-bond acceptors (Lipinski definition) is 5. The van der Waals surface area contributed by atoms with Crippen LogP contribution in [0.2, 0.25) is 0 Å². The summed E-state index contributed by atoms with van der Waals surface area (Å²) in [7, 11) is 0. The van der Waals surface area contributed by atoms with Crippen LogP contribution in [0, 0.1) is 13.8 Å². The summed E-state index contributed by atoms with van der Waals surface area (Å²) >= 11 is 0. The van der Waals surface area contributed by atoms with Crippen LogP contribution in [0.25, 0.3) is 0 Å². The second-order valence-electron chi connectivity index (χ2n) is 7.95. The average molecular weight is 392 g/mol. The molecule has 3 amide bonds. The predicted octanol–water partition coefficient (Wildman–Crippen LogP) is 0.800. The number of aromatic nitrogens is 3. The van der Waals surface area contributed by atoms with Crippen LogP contribution in [-0.4, -0.2) is 74.8 Å². The maximum atomic E-state index is 12.5. The van der Waals surface area contributed by atoms with Gasteiger partial charge in [0.25, 0.3) is 0 Å². The van der Waals surface area contributed by atoms with Gasteiger partial charge in [0.15, 0.2) is 0 Å². The predicted molar refractivity (Wildman–Crippen MR) is 106 cm³/mol. The maximum absolute atomic E-state index is 12.5. The highest BCUT2D eigenvalue weighted by atomic mass is 16.2. The molecule has 2 aliphatic heterocycles. The molecule has 0 aromatic carbocycles. The van der Waals surface area contributed by atoms with Crippen LogP contribution >= 0.6 is 0 Å². The molecular formula is C19H33N7O2. The van der Waals surface area contributed by atoms with Gasteiger partial charge in [-0.05, 0) is 59.0 Å². The Bertz CT molecular complexity index is 688. The number of hydrogen-bond donors (Lipinski definition) is 2. The van der Waals surface area contributed by atoms with E-state index >= 15 is 0 Å². The van der Waals surface area contributed by atoms with E-state index in [0.29, 0.717) is 32.5 Å². The van der Waals surface area contributed by atoms with Gasteiger partial charge in [-0.3, -0.25) is 14.4 Å². The Hall–Kier alpha value is -2.16. The molecule has 3 heterocycles. The third-order valence-corrected chi connectivity index (χ3v) is 6.08. The van der Waals surface area contributed by atoms with E-state index in [1.54, 1.807) is 4.90 Å². The number of nitrogens with one attached hydrogen (secondary N) is 1. The molecular weight excluding hydrogens is 358 g/mol. The molecule has 9 heteroatoms. The highest BCUT2D eigenvalue weighted by Gasteiger charge is 2.45. The number of piperidine rings is 2. The number of aryl methyl sites for hydroxylation is 3. The van der Waals surface area contributed by atoms with Crippen molar-refractivity contribution in [2.45, 2.75) is 64.5 Å². The molecule has 2 aliphatic rings. The molecule has 1 aromatic heterocycles. The van der Waals surface area contributed by atoms with Crippen molar-refractivity contribution in [3.8, 4) is 0 Å². The summed E-state index contributed by atoms with van der Waals surface area (Å²) in [5, 5.41) is 7.31. The number of urea groups is 1. The fourth-order valence-corrected chi connectivity index (χ4v) is 4.43. The number of carbonyl (C=O) groups is 2. The van der Waals surface area contributed by atoms with Gasteiger partial charge in [0.1, 0.15) is 17.2 Å². The van der Waals surface area contributed by atoms with Crippen LogP contribution in [0.15, 0.2) is 0 Å². The van der Waals surface area contributed by atoms with Crippen LogP contribution in [0.1, 0.15) is 50.2 Å². The number of primary amides is 1. The lowest BCUT2D eigenvalue weighted by Crippen LogP contribution is -2.64. The van der Waals surface area contributed by atoms with Crippen molar-refractivity contribution in [1.29, 1.82) is 0 Å². The molecule has 0 aliphatic carbocycles. The second kappa shape index (κ2) is 8.89. The fourth-order valence-electron chi connectivity index (χ4n) is 4.43. The van der Waals surface area contributed by atoms with Crippen molar-refractivity contribution >= 4 is 11.9 Å². The van der Waals surface area contributed by atoms with Gasteiger partial charge < -0.3 is 16.0 Å². The molecule has 1 aromatic rings. The number of rotatable bonds is 6. The molecule has 9 nitrogen and oxygen atoms in total. The Kier molecular flexibility index (Phi) is 6.53. The number of nitrogens with zero attached hydrogens (tertiary/aromatic N) is 5. The zero-order valence-electron chi connectivity index (χ0n) is 17.1. The SMILES string of the molecule is Cc1nc(C)n(CCCNC(=O)N2CCC(C(N)=O)(N3CCCCC3)CC2)n1. The van der Waals surface area contributed by atoms with Crippen LogP contribution in [0.3, 0.4) is 0 Å². The van der Waals surface area contributed by atoms with Crippen LogP contribution < -0.4 is 11.1 Å². The topological polar surface area (TPSA) is 109 Å². The first-order chi connectivity index (χ1) is 13.4. The lowest BCUT2D eigenvalue weighted by atomic mass is 9.83. The summed E-state index contributed by atoms with van der Waals surface area (Å²) in [5.74, 6) is 1.41. The number of likely N-dealkylation sites (tertiary alicyclic amines) is 2. The number of nitrogens with two attached hydrogens (primary N) is 1. The number of amides is 3. The Balaban J connectivity index is 1.45. The molecule has 0 spiro atoms. The van der Waals surface area contributed by atoms with E-state index in [9.17, 15) is 9.59 Å². The van der Waals surface area contributed by atoms with Crippen LogP contribution in [0.5, 0.6) is 0 Å². The first-order valence-corrected chi connectivity index (χ1v) is 10.4. The minimum absolute atomic E-state index is 0.0665.